The number of carbonyl (C=O) groups is 1. The van der Waals surface area contributed by atoms with E-state index < -0.39 is 10.0 Å². The highest BCUT2D eigenvalue weighted by molar-refractivity contribution is 7.90. The maximum atomic E-state index is 12.9. The van der Waals surface area contributed by atoms with E-state index >= 15 is 0 Å². The third-order valence-electron chi connectivity index (χ3n) is 6.40. The standard InChI is InChI=1S/C24H28N4O3S/c29-24(16-28(19-11-12-19)22-13-10-17-5-1-2-8-21(17)22)26-18-6-3-7-20(15-18)32(30,31)27-23-9-4-14-25-23/h1-3,5-8,15,19,22H,4,9-14,16H2,(H,25,27)(H,26,29). The van der Waals surface area contributed by atoms with Gasteiger partial charge in [0.15, 0.2) is 0 Å². The van der Waals surface area contributed by atoms with E-state index in [1.165, 1.54) is 23.3 Å². The first kappa shape index (κ1) is 21.2. The molecule has 1 unspecified atom stereocenters. The van der Waals surface area contributed by atoms with Gasteiger partial charge in [0.1, 0.15) is 5.84 Å². The van der Waals surface area contributed by atoms with Crippen LogP contribution in [0.2, 0.25) is 0 Å². The number of amidine groups is 1. The van der Waals surface area contributed by atoms with E-state index in [1.807, 2.05) is 0 Å². The zero-order valence-electron chi connectivity index (χ0n) is 18.0. The van der Waals surface area contributed by atoms with E-state index in [2.05, 4.69) is 44.2 Å². The molecule has 1 fully saturated rings. The van der Waals surface area contributed by atoms with Crippen LogP contribution in [0.15, 0.2) is 58.4 Å². The molecule has 0 bridgehead atoms. The van der Waals surface area contributed by atoms with Gasteiger partial charge in [0.2, 0.25) is 5.91 Å². The van der Waals surface area contributed by atoms with Crippen molar-refractivity contribution in [2.75, 3.05) is 18.4 Å². The van der Waals surface area contributed by atoms with Crippen LogP contribution in [0.3, 0.4) is 0 Å². The van der Waals surface area contributed by atoms with Gasteiger partial charge in [-0.05, 0) is 61.4 Å². The molecule has 2 aromatic rings. The number of benzene rings is 2. The van der Waals surface area contributed by atoms with Gasteiger partial charge in [0.05, 0.1) is 11.4 Å². The molecule has 3 aliphatic rings. The molecular weight excluding hydrogens is 424 g/mol. The minimum absolute atomic E-state index is 0.119. The van der Waals surface area contributed by atoms with E-state index in [4.69, 9.17) is 0 Å². The number of nitrogens with zero attached hydrogens (tertiary/aromatic N) is 2. The Morgan fingerprint density at radius 3 is 2.69 bits per heavy atom. The molecule has 0 spiro atoms. The molecule has 1 aliphatic heterocycles. The largest absolute Gasteiger partial charge is 0.325 e. The Bertz CT molecular complexity index is 1160. The molecule has 1 heterocycles. The van der Waals surface area contributed by atoms with Gasteiger partial charge in [-0.3, -0.25) is 19.4 Å². The molecule has 1 amide bonds. The second-order valence-corrected chi connectivity index (χ2v) is 10.5. The van der Waals surface area contributed by atoms with E-state index in [1.54, 1.807) is 12.1 Å². The minimum Gasteiger partial charge on any atom is -0.325 e. The fourth-order valence-electron chi connectivity index (χ4n) is 4.72. The van der Waals surface area contributed by atoms with Crippen molar-refractivity contribution in [3.63, 3.8) is 0 Å². The van der Waals surface area contributed by atoms with Crippen LogP contribution in [0.25, 0.3) is 0 Å². The molecule has 0 radical (unpaired) electrons. The van der Waals surface area contributed by atoms with Crippen LogP contribution in [0, 0.1) is 0 Å². The number of fused-ring (bicyclic) bond motifs is 1. The first-order valence-corrected chi connectivity index (χ1v) is 12.8. The van der Waals surface area contributed by atoms with Crippen LogP contribution >= 0.6 is 0 Å². The zero-order valence-corrected chi connectivity index (χ0v) is 18.8. The van der Waals surface area contributed by atoms with Crippen molar-refractivity contribution in [3.05, 3.63) is 59.7 Å². The summed E-state index contributed by atoms with van der Waals surface area (Å²) in [6.45, 7) is 0.951. The predicted molar refractivity (Wildman–Crippen MR) is 124 cm³/mol. The molecule has 2 aromatic carbocycles. The van der Waals surface area contributed by atoms with Gasteiger partial charge in [-0.1, -0.05) is 30.3 Å². The Balaban J connectivity index is 1.27. The Morgan fingerprint density at radius 2 is 1.91 bits per heavy atom. The van der Waals surface area contributed by atoms with Crippen molar-refractivity contribution in [1.82, 2.24) is 9.62 Å². The molecule has 7 nitrogen and oxygen atoms in total. The van der Waals surface area contributed by atoms with Crippen LogP contribution in [0.4, 0.5) is 5.69 Å². The number of anilines is 1. The van der Waals surface area contributed by atoms with E-state index in [0.29, 0.717) is 37.1 Å². The summed E-state index contributed by atoms with van der Waals surface area (Å²) in [5, 5.41) is 2.91. The molecule has 5 rings (SSSR count). The van der Waals surface area contributed by atoms with Gasteiger partial charge in [-0.25, -0.2) is 8.42 Å². The van der Waals surface area contributed by atoms with E-state index in [9.17, 15) is 13.2 Å². The first-order chi connectivity index (χ1) is 15.5. The Labute approximate surface area is 189 Å². The van der Waals surface area contributed by atoms with Crippen molar-refractivity contribution in [2.24, 2.45) is 4.99 Å². The normalized spacial score (nSPS) is 20.2. The van der Waals surface area contributed by atoms with Crippen molar-refractivity contribution < 1.29 is 13.2 Å². The predicted octanol–water partition coefficient (Wildman–Crippen LogP) is 3.25. The highest BCUT2D eigenvalue weighted by Gasteiger charge is 2.38. The summed E-state index contributed by atoms with van der Waals surface area (Å²) >= 11 is 0. The zero-order chi connectivity index (χ0) is 22.1. The molecule has 2 N–H and O–H groups in total. The number of rotatable bonds is 7. The summed E-state index contributed by atoms with van der Waals surface area (Å²) in [5.74, 6) is 0.375. The lowest BCUT2D eigenvalue weighted by Crippen LogP contribution is -2.37. The molecule has 2 aliphatic carbocycles. The second kappa shape index (κ2) is 8.67. The molecule has 8 heteroatoms. The van der Waals surface area contributed by atoms with Crippen molar-refractivity contribution in [3.8, 4) is 0 Å². The summed E-state index contributed by atoms with van der Waals surface area (Å²) in [7, 11) is -3.72. The highest BCUT2D eigenvalue weighted by atomic mass is 32.2. The number of aliphatic imine (C=N–C) groups is 1. The van der Waals surface area contributed by atoms with Crippen molar-refractivity contribution >= 4 is 27.5 Å². The average Bonchev–Trinajstić information content (AvgIpc) is 3.33. The Kier molecular flexibility index (Phi) is 5.73. The fraction of sp³-hybridized carbons (Fsp3) is 0.417. The van der Waals surface area contributed by atoms with Gasteiger partial charge in [-0.2, -0.15) is 0 Å². The van der Waals surface area contributed by atoms with Crippen molar-refractivity contribution in [2.45, 2.75) is 55.5 Å². The molecule has 1 saturated carbocycles. The van der Waals surface area contributed by atoms with Crippen LogP contribution in [0.1, 0.15) is 49.3 Å². The van der Waals surface area contributed by atoms with Gasteiger partial charge >= 0.3 is 0 Å². The van der Waals surface area contributed by atoms with Crippen LogP contribution in [-0.2, 0) is 21.2 Å². The average molecular weight is 453 g/mol. The van der Waals surface area contributed by atoms with Gasteiger partial charge in [-0.15, -0.1) is 0 Å². The number of aryl methyl sites for hydroxylation is 1. The maximum absolute atomic E-state index is 12.9. The summed E-state index contributed by atoms with van der Waals surface area (Å²) in [4.78, 5) is 19.5. The minimum atomic E-state index is -3.72. The first-order valence-electron chi connectivity index (χ1n) is 11.3. The molecule has 0 saturated heterocycles. The highest BCUT2D eigenvalue weighted by Crippen LogP contribution is 2.41. The van der Waals surface area contributed by atoms with E-state index in [-0.39, 0.29) is 16.8 Å². The van der Waals surface area contributed by atoms with Gasteiger partial charge < -0.3 is 5.32 Å². The summed E-state index contributed by atoms with van der Waals surface area (Å²) in [5.41, 5.74) is 3.19. The number of amides is 1. The smallest absolute Gasteiger partial charge is 0.262 e. The fourth-order valence-corrected chi connectivity index (χ4v) is 5.86. The topological polar surface area (TPSA) is 90.9 Å². The maximum Gasteiger partial charge on any atom is 0.262 e. The third-order valence-corrected chi connectivity index (χ3v) is 7.78. The molecule has 0 aromatic heterocycles. The molecular formula is C24H28N4O3S. The van der Waals surface area contributed by atoms with Gasteiger partial charge in [0, 0.05) is 30.7 Å². The lowest BCUT2D eigenvalue weighted by atomic mass is 10.1. The summed E-state index contributed by atoms with van der Waals surface area (Å²) < 4.78 is 27.9. The van der Waals surface area contributed by atoms with Crippen molar-refractivity contribution in [1.29, 1.82) is 0 Å². The summed E-state index contributed by atoms with van der Waals surface area (Å²) in [6, 6.07) is 15.6. The molecule has 32 heavy (non-hydrogen) atoms. The lowest BCUT2D eigenvalue weighted by molar-refractivity contribution is -0.118. The molecule has 1 atom stereocenters. The number of carbonyl (C=O) groups excluding carboxylic acids is 1. The third kappa shape index (κ3) is 4.56. The Hall–Kier alpha value is -2.71. The second-order valence-electron chi connectivity index (χ2n) is 8.77. The van der Waals surface area contributed by atoms with Crippen LogP contribution in [-0.4, -0.2) is 44.2 Å². The quantitative estimate of drug-likeness (QED) is 0.675. The number of hydrogen-bond donors (Lipinski definition) is 2. The monoisotopic (exact) mass is 452 g/mol. The van der Waals surface area contributed by atoms with Crippen LogP contribution < -0.4 is 10.0 Å². The number of nitrogens with one attached hydrogen (secondary N) is 2. The number of hydrogen-bond acceptors (Lipinski definition) is 5. The summed E-state index contributed by atoms with van der Waals surface area (Å²) in [6.07, 6.45) is 5.81. The van der Waals surface area contributed by atoms with Gasteiger partial charge in [0.25, 0.3) is 10.0 Å². The Morgan fingerprint density at radius 1 is 1.06 bits per heavy atom. The lowest BCUT2D eigenvalue weighted by Gasteiger charge is -2.29. The van der Waals surface area contributed by atoms with Crippen LogP contribution in [0.5, 0.6) is 0 Å². The van der Waals surface area contributed by atoms with E-state index in [0.717, 1.165) is 32.1 Å². The SMILES string of the molecule is O=C(CN(C1CC1)C1CCc2ccccc21)Nc1cccc(S(=O)(=O)NC2=NCCC2)c1. The number of sulfonamides is 1. The molecule has 168 valence electrons.